The second-order valence-corrected chi connectivity index (χ2v) is 22.7. The van der Waals surface area contributed by atoms with E-state index in [1.54, 1.807) is 0 Å². The lowest BCUT2D eigenvalue weighted by atomic mass is 9.95. The number of rotatable bonds is 37. The van der Waals surface area contributed by atoms with E-state index >= 15 is 0 Å². The molecular formula is C56H93NO9Si. The molecule has 2 aromatic rings. The quantitative estimate of drug-likeness (QED) is 0.0386. The molecule has 0 bridgehead atoms. The first-order chi connectivity index (χ1) is 32.4. The number of carbonyl (C=O) groups is 3. The van der Waals surface area contributed by atoms with Gasteiger partial charge in [0.2, 0.25) is 0 Å². The molecule has 1 aliphatic rings. The van der Waals surface area contributed by atoms with Crippen LogP contribution in [0, 0.1) is 0 Å². The van der Waals surface area contributed by atoms with Crippen LogP contribution in [0.1, 0.15) is 199 Å². The van der Waals surface area contributed by atoms with E-state index in [1.165, 1.54) is 49.7 Å². The Hall–Kier alpha value is -3.09. The fourth-order valence-corrected chi connectivity index (χ4v) is 9.48. The average Bonchev–Trinajstić information content (AvgIpc) is 3.30. The van der Waals surface area contributed by atoms with Crippen LogP contribution >= 0.6 is 0 Å². The summed E-state index contributed by atoms with van der Waals surface area (Å²) in [6.07, 6.45) is 21.0. The molecule has 0 aliphatic carbocycles. The van der Waals surface area contributed by atoms with Crippen molar-refractivity contribution in [3.8, 4) is 0 Å². The molecule has 67 heavy (non-hydrogen) atoms. The first-order valence-electron chi connectivity index (χ1n) is 26.8. The van der Waals surface area contributed by atoms with E-state index < -0.39 is 69.2 Å². The Bertz CT molecular complexity index is 1570. The van der Waals surface area contributed by atoms with Gasteiger partial charge in [-0.3, -0.25) is 14.4 Å². The molecule has 1 saturated heterocycles. The Kier molecular flexibility index (Phi) is 30.5. The lowest BCUT2D eigenvalue weighted by Gasteiger charge is -2.45. The number of carbonyl (C=O) groups excluding carboxylic acids is 3. The number of benzene rings is 2. The van der Waals surface area contributed by atoms with Crippen LogP contribution in [-0.2, 0) is 50.6 Å². The molecule has 1 aliphatic heterocycles. The van der Waals surface area contributed by atoms with Gasteiger partial charge in [0.05, 0.1) is 12.2 Å². The van der Waals surface area contributed by atoms with Crippen LogP contribution in [0.25, 0.3) is 0 Å². The minimum absolute atomic E-state index is 0.0375. The number of hydrogen-bond acceptors (Lipinski definition) is 9. The van der Waals surface area contributed by atoms with Crippen LogP contribution in [0.4, 0.5) is 0 Å². The van der Waals surface area contributed by atoms with Gasteiger partial charge in [-0.1, -0.05) is 177 Å². The first-order valence-corrected chi connectivity index (χ1v) is 29.5. The van der Waals surface area contributed by atoms with Crippen LogP contribution in [0.5, 0.6) is 0 Å². The maximum atomic E-state index is 14.4. The smallest absolute Gasteiger partial charge is 0.306 e. The minimum Gasteiger partial charge on any atom is -0.457 e. The Morgan fingerprint density at radius 1 is 0.657 bits per heavy atom. The summed E-state index contributed by atoms with van der Waals surface area (Å²) in [5.74, 6) is -1.34. The van der Waals surface area contributed by atoms with Gasteiger partial charge in [-0.05, 0) is 96.4 Å². The van der Waals surface area contributed by atoms with Crippen molar-refractivity contribution in [2.75, 3.05) is 6.61 Å². The minimum atomic E-state index is -1.80. The average molecular weight is 952 g/mol. The molecule has 1 fully saturated rings. The number of ether oxygens (including phenoxy) is 4. The molecule has 3 rings (SSSR count). The monoisotopic (exact) mass is 952 g/mol. The lowest BCUT2D eigenvalue weighted by molar-refractivity contribution is -0.259. The van der Waals surface area contributed by atoms with Gasteiger partial charge in [-0.15, -0.1) is 0 Å². The van der Waals surface area contributed by atoms with Crippen LogP contribution in [0.2, 0.25) is 13.1 Å². The zero-order valence-electron chi connectivity index (χ0n) is 42.8. The zero-order valence-corrected chi connectivity index (χ0v) is 44.0. The molecule has 10 nitrogen and oxygen atoms in total. The van der Waals surface area contributed by atoms with Gasteiger partial charge < -0.3 is 33.8 Å². The summed E-state index contributed by atoms with van der Waals surface area (Å²) in [6, 6.07) is 20.1. The van der Waals surface area contributed by atoms with Crippen LogP contribution in [-0.4, -0.2) is 80.9 Å². The van der Waals surface area contributed by atoms with Gasteiger partial charge in [0.1, 0.15) is 18.2 Å². The Morgan fingerprint density at radius 3 is 1.61 bits per heavy atom. The number of nitrogens with one attached hydrogen (secondary N) is 1. The van der Waals surface area contributed by atoms with Crippen molar-refractivity contribution in [3.63, 3.8) is 0 Å². The number of unbranched alkanes of at least 4 members (excludes halogenated alkanes) is 19. The molecule has 0 radical (unpaired) electrons. The molecule has 0 spiro atoms. The van der Waals surface area contributed by atoms with Crippen LogP contribution in [0.15, 0.2) is 60.7 Å². The van der Waals surface area contributed by atoms with Crippen molar-refractivity contribution < 1.29 is 42.9 Å². The third-order valence-corrected chi connectivity index (χ3v) is 13.4. The highest BCUT2D eigenvalue weighted by molar-refractivity contribution is 6.48. The molecular weight excluding hydrogens is 859 g/mol. The molecule has 380 valence electrons. The fourth-order valence-electron chi connectivity index (χ4n) is 8.71. The molecule has 0 aromatic heterocycles. The normalized spacial score (nSPS) is 19.0. The van der Waals surface area contributed by atoms with Gasteiger partial charge in [-0.25, -0.2) is 0 Å². The second kappa shape index (κ2) is 35.1. The van der Waals surface area contributed by atoms with Gasteiger partial charge >= 0.3 is 11.9 Å². The third kappa shape index (κ3) is 27.0. The Morgan fingerprint density at radius 2 is 1.12 bits per heavy atom. The number of esters is 2. The Balaban J connectivity index is 1.63. The summed E-state index contributed by atoms with van der Waals surface area (Å²) in [5, 5.41) is 14.9. The lowest BCUT2D eigenvalue weighted by Crippen LogP contribution is -2.67. The van der Waals surface area contributed by atoms with Crippen molar-refractivity contribution >= 4 is 26.9 Å². The van der Waals surface area contributed by atoms with Crippen molar-refractivity contribution in [3.05, 3.63) is 71.8 Å². The van der Waals surface area contributed by atoms with Gasteiger partial charge in [0.25, 0.3) is 5.91 Å². The van der Waals surface area contributed by atoms with E-state index in [0.717, 1.165) is 103 Å². The number of aliphatic hydroxyl groups is 1. The molecule has 0 saturated carbocycles. The highest BCUT2D eigenvalue weighted by Gasteiger charge is 2.50. The third-order valence-electron chi connectivity index (χ3n) is 12.6. The SMILES string of the molecule is CCCCCCCCCCCCC(OC(=O)CCCCCCCCc1ccccc1)C(=O)N[C@H]1C(O[SiH](C)C)O[C@H](COC(C)(C)C)[C@@H](O)[C@@H]1OC(=O)CCCCCCCCc1ccccc1. The van der Waals surface area contributed by atoms with Crippen molar-refractivity contribution in [2.24, 2.45) is 0 Å². The van der Waals surface area contributed by atoms with Crippen molar-refractivity contribution in [1.82, 2.24) is 5.32 Å². The van der Waals surface area contributed by atoms with Crippen molar-refractivity contribution in [1.29, 1.82) is 0 Å². The van der Waals surface area contributed by atoms with Crippen LogP contribution < -0.4 is 5.32 Å². The molecule has 11 heteroatoms. The predicted molar refractivity (Wildman–Crippen MR) is 273 cm³/mol. The first kappa shape index (κ1) is 58.2. The number of aryl methyl sites for hydroxylation is 2. The second-order valence-electron chi connectivity index (χ2n) is 20.3. The fraction of sp³-hybridized carbons (Fsp3) is 0.732. The molecule has 2 aromatic carbocycles. The van der Waals surface area contributed by atoms with E-state index in [-0.39, 0.29) is 19.4 Å². The summed E-state index contributed by atoms with van der Waals surface area (Å²) in [7, 11) is -1.80. The zero-order chi connectivity index (χ0) is 48.5. The van der Waals surface area contributed by atoms with Gasteiger partial charge in [0, 0.05) is 12.8 Å². The molecule has 2 unspecified atom stereocenters. The predicted octanol–water partition coefficient (Wildman–Crippen LogP) is 12.5. The molecule has 1 heterocycles. The molecule has 1 amide bonds. The van der Waals surface area contributed by atoms with E-state index in [1.807, 2.05) is 46.0 Å². The molecule has 6 atom stereocenters. The van der Waals surface area contributed by atoms with E-state index in [2.05, 4.69) is 60.8 Å². The standard InChI is InChI=1S/C56H93NO9Si/c1-7-8-9-10-11-12-13-14-21-32-41-47(63-49(58)42-33-22-17-15-19-26-35-45-37-28-24-29-38-45)54(61)57-51-53(52(60)48(44-62-56(2,3)4)64-55(51)66-67(5)6)65-50(59)43-34-23-18-16-20-27-36-46-39-30-25-31-40-46/h24-25,28-31,37-40,47-48,51-53,55,60,67H,7-23,26-27,32-36,41-44H2,1-6H3,(H,57,61)/t47?,48-,51-,52-,53-,55?/m1/s1. The maximum absolute atomic E-state index is 14.4. The van der Waals surface area contributed by atoms with Gasteiger partial charge in [-0.2, -0.15) is 0 Å². The topological polar surface area (TPSA) is 130 Å². The molecule has 2 N–H and O–H groups in total. The number of aliphatic hydroxyl groups excluding tert-OH is 1. The maximum Gasteiger partial charge on any atom is 0.306 e. The van der Waals surface area contributed by atoms with E-state index in [9.17, 15) is 19.5 Å². The summed E-state index contributed by atoms with van der Waals surface area (Å²) in [5.41, 5.74) is 2.21. The van der Waals surface area contributed by atoms with E-state index in [4.69, 9.17) is 23.4 Å². The highest BCUT2D eigenvalue weighted by atomic mass is 28.3. The summed E-state index contributed by atoms with van der Waals surface area (Å²) < 4.78 is 30.9. The van der Waals surface area contributed by atoms with Gasteiger partial charge in [0.15, 0.2) is 27.5 Å². The number of amides is 1. The number of hydrogen-bond donors (Lipinski definition) is 2. The largest absolute Gasteiger partial charge is 0.457 e. The highest BCUT2D eigenvalue weighted by Crippen LogP contribution is 2.28. The van der Waals surface area contributed by atoms with Crippen LogP contribution in [0.3, 0.4) is 0 Å². The Labute approximate surface area is 408 Å². The summed E-state index contributed by atoms with van der Waals surface area (Å²) in [4.78, 5) is 41.3. The summed E-state index contributed by atoms with van der Waals surface area (Å²) in [6.45, 7) is 12.0. The van der Waals surface area contributed by atoms with Crippen molar-refractivity contribution in [2.45, 2.75) is 256 Å². The summed E-state index contributed by atoms with van der Waals surface area (Å²) >= 11 is 0. The van der Waals surface area contributed by atoms with E-state index in [0.29, 0.717) is 19.3 Å².